The van der Waals surface area contributed by atoms with Crippen LogP contribution in [0.15, 0.2) is 23.1 Å². The molecular formula is C15H22N2O3S. The third kappa shape index (κ3) is 4.20. The predicted octanol–water partition coefficient (Wildman–Crippen LogP) is 2.81. The quantitative estimate of drug-likeness (QED) is 0.913. The van der Waals surface area contributed by atoms with Crippen LogP contribution in [0.25, 0.3) is 0 Å². The summed E-state index contributed by atoms with van der Waals surface area (Å²) in [6, 6.07) is 4.66. The highest BCUT2D eigenvalue weighted by Crippen LogP contribution is 2.21. The number of sulfone groups is 1. The number of nitrogens with one attached hydrogen (secondary N) is 1. The average molecular weight is 310 g/mol. The first-order valence-electron chi connectivity index (χ1n) is 7.24. The van der Waals surface area contributed by atoms with Crippen molar-refractivity contribution in [3.8, 4) is 0 Å². The van der Waals surface area contributed by atoms with Crippen molar-refractivity contribution in [2.24, 2.45) is 0 Å². The highest BCUT2D eigenvalue weighted by molar-refractivity contribution is 7.90. The van der Waals surface area contributed by atoms with Crippen LogP contribution in [0.1, 0.15) is 31.2 Å². The third-order valence-electron chi connectivity index (χ3n) is 3.77. The van der Waals surface area contributed by atoms with Crippen LogP contribution < -0.4 is 5.32 Å². The highest BCUT2D eigenvalue weighted by Gasteiger charge is 2.17. The van der Waals surface area contributed by atoms with Crippen LogP contribution >= 0.6 is 0 Å². The molecule has 0 spiro atoms. The summed E-state index contributed by atoms with van der Waals surface area (Å²) in [5.41, 5.74) is 1.41. The number of nitrogens with zero attached hydrogens (tertiary/aromatic N) is 1. The maximum atomic E-state index is 12.3. The molecule has 1 aromatic carbocycles. The molecule has 0 unspecified atom stereocenters. The fraction of sp³-hybridized carbons (Fsp3) is 0.533. The summed E-state index contributed by atoms with van der Waals surface area (Å²) in [6.07, 6.45) is 5.53. The Morgan fingerprint density at radius 1 is 1.14 bits per heavy atom. The lowest BCUT2D eigenvalue weighted by Crippen LogP contribution is -2.35. The second kappa shape index (κ2) is 6.47. The van der Waals surface area contributed by atoms with Gasteiger partial charge in [0.15, 0.2) is 9.84 Å². The van der Waals surface area contributed by atoms with E-state index in [1.807, 2.05) is 6.92 Å². The molecule has 0 aliphatic carbocycles. The number of hydrogen-bond donors (Lipinski definition) is 1. The van der Waals surface area contributed by atoms with Crippen molar-refractivity contribution < 1.29 is 13.2 Å². The second-order valence-corrected chi connectivity index (χ2v) is 7.60. The van der Waals surface area contributed by atoms with Crippen molar-refractivity contribution >= 4 is 21.6 Å². The van der Waals surface area contributed by atoms with E-state index in [1.165, 1.54) is 6.07 Å². The molecule has 1 N–H and O–H groups in total. The number of likely N-dealkylation sites (tertiary alicyclic amines) is 1. The van der Waals surface area contributed by atoms with E-state index >= 15 is 0 Å². The number of urea groups is 1. The Morgan fingerprint density at radius 3 is 2.33 bits per heavy atom. The zero-order valence-electron chi connectivity index (χ0n) is 12.6. The van der Waals surface area contributed by atoms with Crippen molar-refractivity contribution in [3.63, 3.8) is 0 Å². The van der Waals surface area contributed by atoms with E-state index in [1.54, 1.807) is 17.0 Å². The summed E-state index contributed by atoms with van der Waals surface area (Å²) in [6.45, 7) is 3.37. The molecule has 2 rings (SSSR count). The van der Waals surface area contributed by atoms with Gasteiger partial charge in [-0.05, 0) is 37.5 Å². The number of carbonyl (C=O) groups excluding carboxylic acids is 1. The number of rotatable bonds is 2. The van der Waals surface area contributed by atoms with Gasteiger partial charge in [0.25, 0.3) is 0 Å². The van der Waals surface area contributed by atoms with Gasteiger partial charge in [-0.3, -0.25) is 0 Å². The van der Waals surface area contributed by atoms with Crippen LogP contribution in [0, 0.1) is 6.92 Å². The molecule has 6 heteroatoms. The van der Waals surface area contributed by atoms with Crippen LogP contribution in [0.5, 0.6) is 0 Å². The van der Waals surface area contributed by atoms with Crippen LogP contribution in [0.2, 0.25) is 0 Å². The first-order valence-corrected chi connectivity index (χ1v) is 9.14. The molecule has 1 aliphatic heterocycles. The zero-order chi connectivity index (χ0) is 15.5. The minimum Gasteiger partial charge on any atom is -0.325 e. The van der Waals surface area contributed by atoms with E-state index in [4.69, 9.17) is 0 Å². The summed E-state index contributed by atoms with van der Waals surface area (Å²) in [5, 5.41) is 2.84. The van der Waals surface area contributed by atoms with Gasteiger partial charge < -0.3 is 10.2 Å². The lowest BCUT2D eigenvalue weighted by Gasteiger charge is -2.21. The topological polar surface area (TPSA) is 66.5 Å². The Bertz CT molecular complexity index is 618. The molecule has 1 heterocycles. The summed E-state index contributed by atoms with van der Waals surface area (Å²) in [4.78, 5) is 14.3. The monoisotopic (exact) mass is 310 g/mol. The van der Waals surface area contributed by atoms with Crippen LogP contribution in [-0.4, -0.2) is 38.7 Å². The standard InChI is InChI=1S/C15H22N2O3S/c1-12-7-8-13(21(2,19)20)11-14(12)16-15(18)17-9-5-3-4-6-10-17/h7-8,11H,3-6,9-10H2,1-2H3,(H,16,18). The summed E-state index contributed by atoms with van der Waals surface area (Å²) in [5.74, 6) is 0. The van der Waals surface area contributed by atoms with E-state index in [0.29, 0.717) is 5.69 Å². The molecule has 116 valence electrons. The molecule has 0 aromatic heterocycles. The Balaban J connectivity index is 2.16. The Kier molecular flexibility index (Phi) is 4.88. The van der Waals surface area contributed by atoms with E-state index in [9.17, 15) is 13.2 Å². The molecule has 1 aromatic rings. The number of carbonyl (C=O) groups is 1. The van der Waals surface area contributed by atoms with Gasteiger partial charge in [0, 0.05) is 25.0 Å². The molecule has 1 aliphatic rings. The lowest BCUT2D eigenvalue weighted by molar-refractivity contribution is 0.213. The number of amides is 2. The number of anilines is 1. The summed E-state index contributed by atoms with van der Waals surface area (Å²) in [7, 11) is -3.27. The maximum Gasteiger partial charge on any atom is 0.321 e. The van der Waals surface area contributed by atoms with Crippen molar-refractivity contribution in [1.82, 2.24) is 4.90 Å². The molecule has 21 heavy (non-hydrogen) atoms. The average Bonchev–Trinajstić information content (AvgIpc) is 2.68. The Morgan fingerprint density at radius 2 is 1.76 bits per heavy atom. The normalized spacial score (nSPS) is 16.4. The molecule has 0 saturated carbocycles. The van der Waals surface area contributed by atoms with Gasteiger partial charge in [0.05, 0.1) is 4.90 Å². The maximum absolute atomic E-state index is 12.3. The van der Waals surface area contributed by atoms with Gasteiger partial charge >= 0.3 is 6.03 Å². The number of hydrogen-bond acceptors (Lipinski definition) is 3. The fourth-order valence-electron chi connectivity index (χ4n) is 2.43. The number of benzene rings is 1. The molecule has 2 amide bonds. The molecule has 0 bridgehead atoms. The van der Waals surface area contributed by atoms with E-state index < -0.39 is 9.84 Å². The van der Waals surface area contributed by atoms with Crippen LogP contribution in [-0.2, 0) is 9.84 Å². The van der Waals surface area contributed by atoms with Gasteiger partial charge in [-0.15, -0.1) is 0 Å². The number of aryl methyl sites for hydroxylation is 1. The van der Waals surface area contributed by atoms with Crippen molar-refractivity contribution in [2.45, 2.75) is 37.5 Å². The van der Waals surface area contributed by atoms with Gasteiger partial charge in [-0.2, -0.15) is 0 Å². The molecule has 1 fully saturated rings. The van der Waals surface area contributed by atoms with Crippen LogP contribution in [0.3, 0.4) is 0 Å². The van der Waals surface area contributed by atoms with Gasteiger partial charge in [0.2, 0.25) is 0 Å². The summed E-state index contributed by atoms with van der Waals surface area (Å²) < 4.78 is 23.2. The van der Waals surface area contributed by atoms with E-state index in [0.717, 1.165) is 50.6 Å². The Hall–Kier alpha value is -1.56. The minimum absolute atomic E-state index is 0.148. The van der Waals surface area contributed by atoms with Crippen molar-refractivity contribution in [2.75, 3.05) is 24.7 Å². The predicted molar refractivity (Wildman–Crippen MR) is 83.3 cm³/mol. The van der Waals surface area contributed by atoms with E-state index in [2.05, 4.69) is 5.32 Å². The van der Waals surface area contributed by atoms with E-state index in [-0.39, 0.29) is 10.9 Å². The summed E-state index contributed by atoms with van der Waals surface area (Å²) >= 11 is 0. The molecule has 5 nitrogen and oxygen atoms in total. The second-order valence-electron chi connectivity index (χ2n) is 5.58. The molecule has 0 radical (unpaired) electrons. The fourth-order valence-corrected chi connectivity index (χ4v) is 3.08. The Labute approximate surface area is 126 Å². The smallest absolute Gasteiger partial charge is 0.321 e. The van der Waals surface area contributed by atoms with Crippen LogP contribution in [0.4, 0.5) is 10.5 Å². The van der Waals surface area contributed by atoms with Gasteiger partial charge in [-0.25, -0.2) is 13.2 Å². The first kappa shape index (κ1) is 15.8. The third-order valence-corrected chi connectivity index (χ3v) is 4.88. The first-order chi connectivity index (χ1) is 9.88. The van der Waals surface area contributed by atoms with Crippen molar-refractivity contribution in [1.29, 1.82) is 0 Å². The lowest BCUT2D eigenvalue weighted by atomic mass is 10.2. The SMILES string of the molecule is Cc1ccc(S(C)(=O)=O)cc1NC(=O)N1CCCCCC1. The van der Waals surface area contributed by atoms with Gasteiger partial charge in [0.1, 0.15) is 0 Å². The highest BCUT2D eigenvalue weighted by atomic mass is 32.2. The zero-order valence-corrected chi connectivity index (χ0v) is 13.4. The largest absolute Gasteiger partial charge is 0.325 e. The molecule has 0 atom stereocenters. The molecule has 1 saturated heterocycles. The van der Waals surface area contributed by atoms with Crippen molar-refractivity contribution in [3.05, 3.63) is 23.8 Å². The van der Waals surface area contributed by atoms with Gasteiger partial charge in [-0.1, -0.05) is 18.9 Å². The molecular weight excluding hydrogens is 288 g/mol. The minimum atomic E-state index is -3.27.